The van der Waals surface area contributed by atoms with Crippen LogP contribution in [-0.4, -0.2) is 14.8 Å². The van der Waals surface area contributed by atoms with Crippen molar-refractivity contribution in [1.82, 2.24) is 20.1 Å². The summed E-state index contributed by atoms with van der Waals surface area (Å²) in [7, 11) is 0. The minimum atomic E-state index is 0.126. The number of rotatable bonds is 4. The third kappa shape index (κ3) is 2.30. The van der Waals surface area contributed by atoms with Crippen molar-refractivity contribution in [2.45, 2.75) is 38.9 Å². The Balaban J connectivity index is 1.71. The van der Waals surface area contributed by atoms with E-state index in [4.69, 9.17) is 5.26 Å². The van der Waals surface area contributed by atoms with Crippen LogP contribution in [0.5, 0.6) is 0 Å². The summed E-state index contributed by atoms with van der Waals surface area (Å²) >= 11 is 0. The minimum absolute atomic E-state index is 0.126. The molecule has 0 saturated heterocycles. The van der Waals surface area contributed by atoms with Gasteiger partial charge in [-0.1, -0.05) is 18.2 Å². The van der Waals surface area contributed by atoms with Crippen molar-refractivity contribution in [2.24, 2.45) is 0 Å². The van der Waals surface area contributed by atoms with Crippen LogP contribution in [-0.2, 0) is 19.5 Å². The molecular weight excluding hydrogens is 250 g/mol. The normalized spacial score (nSPS) is 14.8. The van der Waals surface area contributed by atoms with Gasteiger partial charge in [0.1, 0.15) is 11.6 Å². The zero-order valence-corrected chi connectivity index (χ0v) is 11.5. The van der Waals surface area contributed by atoms with Crippen LogP contribution in [0.1, 0.15) is 42.2 Å². The summed E-state index contributed by atoms with van der Waals surface area (Å²) in [4.78, 5) is 0. The molecule has 0 fully saturated rings. The van der Waals surface area contributed by atoms with Gasteiger partial charge in [-0.3, -0.25) is 0 Å². The maximum Gasteiger partial charge on any atom is 0.149 e. The van der Waals surface area contributed by atoms with Crippen LogP contribution >= 0.6 is 0 Å². The van der Waals surface area contributed by atoms with Gasteiger partial charge in [0.25, 0.3) is 0 Å². The number of nitriles is 1. The quantitative estimate of drug-likeness (QED) is 0.919. The molecule has 1 aliphatic heterocycles. The predicted octanol–water partition coefficient (Wildman–Crippen LogP) is 1.95. The highest BCUT2D eigenvalue weighted by Crippen LogP contribution is 2.19. The Bertz CT molecular complexity index is 653. The van der Waals surface area contributed by atoms with E-state index in [1.807, 2.05) is 24.3 Å². The van der Waals surface area contributed by atoms with E-state index in [0.717, 1.165) is 42.2 Å². The summed E-state index contributed by atoms with van der Waals surface area (Å²) in [6.07, 6.45) is 2.18. The molecule has 0 aliphatic carbocycles. The summed E-state index contributed by atoms with van der Waals surface area (Å²) in [5, 5.41) is 21.0. The van der Waals surface area contributed by atoms with E-state index in [2.05, 4.69) is 33.1 Å². The van der Waals surface area contributed by atoms with Crippen LogP contribution in [0.3, 0.4) is 0 Å². The lowest BCUT2D eigenvalue weighted by atomic mass is 10.1. The van der Waals surface area contributed by atoms with E-state index in [-0.39, 0.29) is 6.04 Å². The molecular formula is C15H17N5. The van der Waals surface area contributed by atoms with Gasteiger partial charge in [-0.05, 0) is 25.0 Å². The van der Waals surface area contributed by atoms with Gasteiger partial charge in [-0.25, -0.2) is 0 Å². The third-order valence-electron chi connectivity index (χ3n) is 3.76. The topological polar surface area (TPSA) is 66.5 Å². The largest absolute Gasteiger partial charge is 0.314 e. The summed E-state index contributed by atoms with van der Waals surface area (Å²) < 4.78 is 2.20. The Hall–Kier alpha value is -2.19. The Labute approximate surface area is 118 Å². The Kier molecular flexibility index (Phi) is 3.48. The molecule has 0 saturated carbocycles. The second-order valence-electron chi connectivity index (χ2n) is 5.10. The van der Waals surface area contributed by atoms with E-state index >= 15 is 0 Å². The number of benzene rings is 1. The molecule has 0 bridgehead atoms. The molecule has 0 amide bonds. The van der Waals surface area contributed by atoms with Crippen LogP contribution in [0.15, 0.2) is 24.3 Å². The summed E-state index contributed by atoms with van der Waals surface area (Å²) in [5.74, 6) is 2.08. The fraction of sp³-hybridized carbons (Fsp3) is 0.400. The van der Waals surface area contributed by atoms with Gasteiger partial charge in [0.2, 0.25) is 0 Å². The lowest BCUT2D eigenvalue weighted by molar-refractivity contribution is 0.515. The fourth-order valence-corrected chi connectivity index (χ4v) is 2.63. The first kappa shape index (κ1) is 12.8. The van der Waals surface area contributed by atoms with Gasteiger partial charge in [0.05, 0.1) is 17.7 Å². The predicted molar refractivity (Wildman–Crippen MR) is 74.8 cm³/mol. The van der Waals surface area contributed by atoms with Crippen molar-refractivity contribution in [2.75, 3.05) is 0 Å². The number of nitrogens with zero attached hydrogens (tertiary/aromatic N) is 4. The van der Waals surface area contributed by atoms with Crippen LogP contribution in [0, 0.1) is 11.3 Å². The number of hydrogen-bond donors (Lipinski definition) is 1. The third-order valence-corrected chi connectivity index (χ3v) is 3.76. The minimum Gasteiger partial charge on any atom is -0.314 e. The summed E-state index contributed by atoms with van der Waals surface area (Å²) in [6.45, 7) is 3.76. The highest BCUT2D eigenvalue weighted by molar-refractivity contribution is 5.37. The monoisotopic (exact) mass is 267 g/mol. The fourth-order valence-electron chi connectivity index (χ4n) is 2.63. The number of fused-ring (bicyclic) bond motifs is 1. The molecule has 1 aliphatic rings. The zero-order chi connectivity index (χ0) is 13.9. The van der Waals surface area contributed by atoms with Crippen molar-refractivity contribution >= 4 is 0 Å². The highest BCUT2D eigenvalue weighted by atomic mass is 15.3. The first-order valence-electron chi connectivity index (χ1n) is 6.93. The number of aryl methyl sites for hydroxylation is 1. The molecule has 102 valence electrons. The second kappa shape index (κ2) is 5.43. The standard InChI is InChI=1S/C15H17N5/c1-11(15-19-18-14-7-4-8-20(14)15)17-10-13-6-3-2-5-12(13)9-16/h2-3,5-6,11,17H,4,7-8,10H2,1H3. The van der Waals surface area contributed by atoms with Gasteiger partial charge >= 0.3 is 0 Å². The zero-order valence-electron chi connectivity index (χ0n) is 11.5. The van der Waals surface area contributed by atoms with Crippen molar-refractivity contribution in [3.05, 3.63) is 47.0 Å². The van der Waals surface area contributed by atoms with Gasteiger partial charge in [-0.2, -0.15) is 5.26 Å². The van der Waals surface area contributed by atoms with E-state index < -0.39 is 0 Å². The smallest absolute Gasteiger partial charge is 0.149 e. The molecule has 1 unspecified atom stereocenters. The lowest BCUT2D eigenvalue weighted by Crippen LogP contribution is -2.22. The highest BCUT2D eigenvalue weighted by Gasteiger charge is 2.20. The van der Waals surface area contributed by atoms with E-state index in [0.29, 0.717) is 6.54 Å². The van der Waals surface area contributed by atoms with Crippen LogP contribution in [0.2, 0.25) is 0 Å². The molecule has 2 aromatic rings. The number of hydrogen-bond acceptors (Lipinski definition) is 4. The molecule has 0 spiro atoms. The molecule has 20 heavy (non-hydrogen) atoms. The van der Waals surface area contributed by atoms with Gasteiger partial charge in [0.15, 0.2) is 0 Å². The van der Waals surface area contributed by atoms with Crippen LogP contribution in [0.25, 0.3) is 0 Å². The molecule has 3 rings (SSSR count). The summed E-state index contributed by atoms with van der Waals surface area (Å²) in [6, 6.07) is 10.0. The molecule has 0 radical (unpaired) electrons. The molecule has 1 aromatic carbocycles. The van der Waals surface area contributed by atoms with Crippen LogP contribution < -0.4 is 5.32 Å². The van der Waals surface area contributed by atoms with Crippen molar-refractivity contribution in [1.29, 1.82) is 5.26 Å². The van der Waals surface area contributed by atoms with Crippen LogP contribution in [0.4, 0.5) is 0 Å². The Morgan fingerprint density at radius 1 is 1.40 bits per heavy atom. The van der Waals surface area contributed by atoms with Crippen molar-refractivity contribution in [3.8, 4) is 6.07 Å². The molecule has 5 nitrogen and oxygen atoms in total. The Morgan fingerprint density at radius 3 is 3.10 bits per heavy atom. The molecule has 1 atom stereocenters. The van der Waals surface area contributed by atoms with Crippen molar-refractivity contribution in [3.63, 3.8) is 0 Å². The SMILES string of the molecule is CC(NCc1ccccc1C#N)c1nnc2n1CCC2. The first-order valence-corrected chi connectivity index (χ1v) is 6.93. The van der Waals surface area contributed by atoms with E-state index in [1.165, 1.54) is 0 Å². The van der Waals surface area contributed by atoms with Gasteiger partial charge < -0.3 is 9.88 Å². The average Bonchev–Trinajstić information content (AvgIpc) is 3.07. The lowest BCUT2D eigenvalue weighted by Gasteiger charge is -2.14. The average molecular weight is 267 g/mol. The maximum atomic E-state index is 9.09. The first-order chi connectivity index (χ1) is 9.79. The van der Waals surface area contributed by atoms with E-state index in [9.17, 15) is 0 Å². The van der Waals surface area contributed by atoms with Gasteiger partial charge in [0, 0.05) is 19.5 Å². The molecule has 1 N–H and O–H groups in total. The summed E-state index contributed by atoms with van der Waals surface area (Å²) in [5.41, 5.74) is 1.74. The second-order valence-corrected chi connectivity index (χ2v) is 5.10. The Morgan fingerprint density at radius 2 is 2.25 bits per heavy atom. The van der Waals surface area contributed by atoms with Crippen molar-refractivity contribution < 1.29 is 0 Å². The number of aromatic nitrogens is 3. The van der Waals surface area contributed by atoms with E-state index in [1.54, 1.807) is 0 Å². The number of nitrogens with one attached hydrogen (secondary N) is 1. The molecule has 5 heteroatoms. The maximum absolute atomic E-state index is 9.09. The molecule has 1 aromatic heterocycles. The van der Waals surface area contributed by atoms with Gasteiger partial charge in [-0.15, -0.1) is 10.2 Å². The molecule has 2 heterocycles.